The van der Waals surface area contributed by atoms with Gasteiger partial charge in [0.1, 0.15) is 0 Å². The van der Waals surface area contributed by atoms with E-state index in [9.17, 15) is 0 Å². The molecule has 2 saturated heterocycles. The summed E-state index contributed by atoms with van der Waals surface area (Å²) in [4.78, 5) is 9.63. The molecule has 3 rings (SSSR count). The summed E-state index contributed by atoms with van der Waals surface area (Å²) in [6.07, 6.45) is 6.35. The Morgan fingerprint density at radius 1 is 1.14 bits per heavy atom. The van der Waals surface area contributed by atoms with Crippen LogP contribution in [0.15, 0.2) is 29.3 Å². The summed E-state index contributed by atoms with van der Waals surface area (Å²) in [7, 11) is 1.92. The molecule has 1 aromatic rings. The summed E-state index contributed by atoms with van der Waals surface area (Å²) in [6.45, 7) is 11.7. The molecule has 0 spiro atoms. The van der Waals surface area contributed by atoms with Gasteiger partial charge in [-0.1, -0.05) is 38.1 Å². The van der Waals surface area contributed by atoms with E-state index in [2.05, 4.69) is 58.2 Å². The number of rotatable bonds is 7. The van der Waals surface area contributed by atoms with Gasteiger partial charge in [0.25, 0.3) is 0 Å². The van der Waals surface area contributed by atoms with E-state index < -0.39 is 0 Å². The van der Waals surface area contributed by atoms with Crippen LogP contribution in [0.5, 0.6) is 0 Å². The van der Waals surface area contributed by atoms with Gasteiger partial charge in [-0.2, -0.15) is 0 Å². The van der Waals surface area contributed by atoms with Gasteiger partial charge in [-0.25, -0.2) is 0 Å². The number of hydrogen-bond acceptors (Lipinski definition) is 2. The molecule has 0 amide bonds. The van der Waals surface area contributed by atoms with Gasteiger partial charge in [-0.05, 0) is 68.2 Å². The maximum Gasteiger partial charge on any atom is 0.193 e. The van der Waals surface area contributed by atoms with E-state index in [0.717, 1.165) is 44.4 Å². The predicted octanol–water partition coefficient (Wildman–Crippen LogP) is 4.35. The summed E-state index contributed by atoms with van der Waals surface area (Å²) >= 11 is 0. The van der Waals surface area contributed by atoms with Crippen molar-refractivity contribution in [2.75, 3.05) is 46.3 Å². The number of halogens is 1. The summed E-state index contributed by atoms with van der Waals surface area (Å²) in [5.74, 6) is 2.51. The largest absolute Gasteiger partial charge is 0.356 e. The average molecular weight is 498 g/mol. The number of hydrogen-bond donors (Lipinski definition) is 1. The third kappa shape index (κ3) is 6.90. The van der Waals surface area contributed by atoms with Crippen molar-refractivity contribution in [1.29, 1.82) is 0 Å². The van der Waals surface area contributed by atoms with Crippen molar-refractivity contribution in [3.05, 3.63) is 35.4 Å². The topological polar surface area (TPSA) is 30.9 Å². The van der Waals surface area contributed by atoms with E-state index in [1.54, 1.807) is 0 Å². The van der Waals surface area contributed by atoms with Crippen LogP contribution in [0.25, 0.3) is 0 Å². The third-order valence-corrected chi connectivity index (χ3v) is 6.08. The van der Waals surface area contributed by atoms with E-state index in [0.29, 0.717) is 5.92 Å². The van der Waals surface area contributed by atoms with Crippen LogP contribution in [-0.2, 0) is 6.42 Å². The standard InChI is InChI=1S/C23H38N4.HI/c1-19(2)22-10-8-20(9-11-22)7-6-13-25-23(24-3)27-16-12-21(18-27)17-26-14-4-5-15-26;/h8-11,19,21H,4-7,12-18H2,1-3H3,(H,24,25);1H. The molecule has 2 aliphatic heterocycles. The molecule has 1 aromatic carbocycles. The second-order valence-corrected chi connectivity index (χ2v) is 8.58. The van der Waals surface area contributed by atoms with Crippen LogP contribution in [0.1, 0.15) is 56.6 Å². The van der Waals surface area contributed by atoms with E-state index in [1.165, 1.54) is 50.0 Å². The highest BCUT2D eigenvalue weighted by atomic mass is 127. The molecule has 2 aliphatic rings. The number of likely N-dealkylation sites (tertiary alicyclic amines) is 2. The van der Waals surface area contributed by atoms with Gasteiger partial charge in [0, 0.05) is 33.2 Å². The SMILES string of the molecule is CN=C(NCCCc1ccc(C(C)C)cc1)N1CCC(CN2CCCC2)C1.I. The Hall–Kier alpha value is -0.820. The lowest BCUT2D eigenvalue weighted by atomic mass is 10.0. The van der Waals surface area contributed by atoms with Crippen molar-refractivity contribution in [2.24, 2.45) is 10.9 Å². The molecule has 1 unspecified atom stereocenters. The molecule has 0 bridgehead atoms. The fourth-order valence-corrected chi connectivity index (χ4v) is 4.40. The maximum atomic E-state index is 4.53. The molecule has 1 N–H and O–H groups in total. The Balaban J connectivity index is 0.00000280. The first kappa shape index (κ1) is 23.5. The molecule has 1 atom stereocenters. The van der Waals surface area contributed by atoms with Crippen LogP contribution in [0, 0.1) is 5.92 Å². The highest BCUT2D eigenvalue weighted by molar-refractivity contribution is 14.0. The van der Waals surface area contributed by atoms with E-state index in [-0.39, 0.29) is 24.0 Å². The fraction of sp³-hybridized carbons (Fsp3) is 0.696. The van der Waals surface area contributed by atoms with Gasteiger partial charge in [0.2, 0.25) is 0 Å². The number of benzene rings is 1. The van der Waals surface area contributed by atoms with Crippen molar-refractivity contribution in [1.82, 2.24) is 15.1 Å². The molecule has 2 fully saturated rings. The van der Waals surface area contributed by atoms with Crippen LogP contribution < -0.4 is 5.32 Å². The normalized spacial score (nSPS) is 20.6. The van der Waals surface area contributed by atoms with Gasteiger partial charge < -0.3 is 15.1 Å². The molecule has 158 valence electrons. The fourth-order valence-electron chi connectivity index (χ4n) is 4.40. The Kier molecular flexibility index (Phi) is 10.1. The highest BCUT2D eigenvalue weighted by Crippen LogP contribution is 2.20. The van der Waals surface area contributed by atoms with Gasteiger partial charge in [0.15, 0.2) is 5.96 Å². The molecule has 0 radical (unpaired) electrons. The number of nitrogens with zero attached hydrogens (tertiary/aromatic N) is 3. The molecule has 0 aliphatic carbocycles. The highest BCUT2D eigenvalue weighted by Gasteiger charge is 2.27. The molecule has 0 saturated carbocycles. The molecule has 0 aromatic heterocycles. The minimum atomic E-state index is 0. The zero-order chi connectivity index (χ0) is 19.1. The Labute approximate surface area is 189 Å². The van der Waals surface area contributed by atoms with E-state index in [4.69, 9.17) is 0 Å². The number of aryl methyl sites for hydroxylation is 1. The molecule has 2 heterocycles. The van der Waals surface area contributed by atoms with Crippen LogP contribution in [0.4, 0.5) is 0 Å². The van der Waals surface area contributed by atoms with Crippen molar-refractivity contribution in [3.8, 4) is 0 Å². The molecule has 28 heavy (non-hydrogen) atoms. The first-order chi connectivity index (χ1) is 13.2. The number of aliphatic imine (C=N–C) groups is 1. The average Bonchev–Trinajstić information content (AvgIpc) is 3.35. The first-order valence-electron chi connectivity index (χ1n) is 10.9. The van der Waals surface area contributed by atoms with Crippen LogP contribution in [0.3, 0.4) is 0 Å². The quantitative estimate of drug-likeness (QED) is 0.263. The van der Waals surface area contributed by atoms with E-state index in [1.807, 2.05) is 7.05 Å². The minimum absolute atomic E-state index is 0. The predicted molar refractivity (Wildman–Crippen MR) is 131 cm³/mol. The summed E-state index contributed by atoms with van der Waals surface area (Å²) in [5, 5.41) is 3.59. The lowest BCUT2D eigenvalue weighted by molar-refractivity contribution is 0.281. The van der Waals surface area contributed by atoms with Crippen LogP contribution in [0.2, 0.25) is 0 Å². The van der Waals surface area contributed by atoms with Crippen molar-refractivity contribution in [3.63, 3.8) is 0 Å². The van der Waals surface area contributed by atoms with Gasteiger partial charge >= 0.3 is 0 Å². The maximum absolute atomic E-state index is 4.53. The Morgan fingerprint density at radius 2 is 1.86 bits per heavy atom. The van der Waals surface area contributed by atoms with Crippen molar-refractivity contribution in [2.45, 2.75) is 51.9 Å². The first-order valence-corrected chi connectivity index (χ1v) is 10.9. The molecular formula is C23H39IN4. The summed E-state index contributed by atoms with van der Waals surface area (Å²) in [5.41, 5.74) is 2.86. The lowest BCUT2D eigenvalue weighted by Crippen LogP contribution is -2.41. The zero-order valence-electron chi connectivity index (χ0n) is 18.0. The molecular weight excluding hydrogens is 459 g/mol. The monoisotopic (exact) mass is 498 g/mol. The second kappa shape index (κ2) is 12.0. The van der Waals surface area contributed by atoms with Gasteiger partial charge in [0.05, 0.1) is 0 Å². The van der Waals surface area contributed by atoms with Crippen LogP contribution >= 0.6 is 24.0 Å². The lowest BCUT2D eigenvalue weighted by Gasteiger charge is -2.23. The second-order valence-electron chi connectivity index (χ2n) is 8.58. The van der Waals surface area contributed by atoms with Crippen LogP contribution in [-0.4, -0.2) is 62.1 Å². The van der Waals surface area contributed by atoms with E-state index >= 15 is 0 Å². The minimum Gasteiger partial charge on any atom is -0.356 e. The summed E-state index contributed by atoms with van der Waals surface area (Å²) < 4.78 is 0. The number of guanidine groups is 1. The molecule has 5 heteroatoms. The Morgan fingerprint density at radius 3 is 2.50 bits per heavy atom. The van der Waals surface area contributed by atoms with Gasteiger partial charge in [-0.15, -0.1) is 24.0 Å². The summed E-state index contributed by atoms with van der Waals surface area (Å²) in [6, 6.07) is 9.12. The van der Waals surface area contributed by atoms with Gasteiger partial charge in [-0.3, -0.25) is 4.99 Å². The molecule has 4 nitrogen and oxygen atoms in total. The third-order valence-electron chi connectivity index (χ3n) is 6.08. The van der Waals surface area contributed by atoms with Crippen molar-refractivity contribution >= 4 is 29.9 Å². The zero-order valence-corrected chi connectivity index (χ0v) is 20.3. The number of nitrogens with one attached hydrogen (secondary N) is 1. The smallest absolute Gasteiger partial charge is 0.193 e. The van der Waals surface area contributed by atoms with Crippen molar-refractivity contribution < 1.29 is 0 Å². The Bertz CT molecular complexity index is 593.